The highest BCUT2D eigenvalue weighted by atomic mass is 16.7. The third kappa shape index (κ3) is 4.16. The Morgan fingerprint density at radius 1 is 1.27 bits per heavy atom. The number of carbonyl (C=O) groups excluding carboxylic acids is 2. The van der Waals surface area contributed by atoms with Gasteiger partial charge in [-0.25, -0.2) is 14.4 Å². The van der Waals surface area contributed by atoms with Crippen molar-refractivity contribution in [1.82, 2.24) is 20.2 Å². The summed E-state index contributed by atoms with van der Waals surface area (Å²) in [4.78, 5) is 26.2. The molecule has 140 valence electrons. The van der Waals surface area contributed by atoms with Gasteiger partial charge in [0, 0.05) is 12.1 Å². The van der Waals surface area contributed by atoms with Crippen molar-refractivity contribution in [2.45, 2.75) is 47.4 Å². The number of benzene rings is 1. The molecule has 9 heteroatoms. The lowest BCUT2D eigenvalue weighted by Crippen LogP contribution is -2.43. The van der Waals surface area contributed by atoms with Crippen molar-refractivity contribution in [2.75, 3.05) is 11.5 Å². The maximum absolute atomic E-state index is 13.2. The quantitative estimate of drug-likeness (QED) is 0.575. The molecular weight excluding hydrogens is 338 g/mol. The molecule has 1 atom stereocenters. The Morgan fingerprint density at radius 2 is 2.00 bits per heavy atom. The average molecular weight is 361 g/mol. The minimum atomic E-state index is -0.960. The van der Waals surface area contributed by atoms with E-state index in [2.05, 4.69) is 15.5 Å². The second-order valence-electron chi connectivity index (χ2n) is 5.69. The molecule has 1 aromatic heterocycles. The number of anilines is 1. The molecule has 0 saturated heterocycles. The molecule has 9 nitrogen and oxygen atoms in total. The number of carbonyl (C=O) groups is 2. The Kier molecular flexibility index (Phi) is 6.26. The zero-order valence-corrected chi connectivity index (χ0v) is 15.6. The maximum atomic E-state index is 13.2. The first-order chi connectivity index (χ1) is 12.4. The number of amides is 1. The fourth-order valence-corrected chi connectivity index (χ4v) is 2.52. The summed E-state index contributed by atoms with van der Waals surface area (Å²) in [6.07, 6.45) is -1.83. The van der Waals surface area contributed by atoms with E-state index in [1.165, 1.54) is 9.58 Å². The maximum Gasteiger partial charge on any atom is 0.510 e. The Bertz CT molecular complexity index is 789. The molecule has 0 radical (unpaired) electrons. The number of nitrogens with zero attached hydrogens (tertiary/aromatic N) is 5. The fourth-order valence-electron chi connectivity index (χ4n) is 2.52. The van der Waals surface area contributed by atoms with E-state index in [4.69, 9.17) is 9.47 Å². The van der Waals surface area contributed by atoms with Crippen LogP contribution in [-0.4, -0.2) is 45.1 Å². The van der Waals surface area contributed by atoms with Crippen LogP contribution >= 0.6 is 0 Å². The van der Waals surface area contributed by atoms with Gasteiger partial charge in [-0.1, -0.05) is 22.8 Å². The minimum absolute atomic E-state index is 0.170. The van der Waals surface area contributed by atoms with Crippen LogP contribution in [0.3, 0.4) is 0 Å². The van der Waals surface area contributed by atoms with Crippen LogP contribution in [0.5, 0.6) is 0 Å². The van der Waals surface area contributed by atoms with E-state index in [9.17, 15) is 9.59 Å². The Hall–Kier alpha value is -2.97. The van der Waals surface area contributed by atoms with Crippen LogP contribution in [0.25, 0.3) is 0 Å². The van der Waals surface area contributed by atoms with E-state index in [-0.39, 0.29) is 18.5 Å². The van der Waals surface area contributed by atoms with Gasteiger partial charge < -0.3 is 9.47 Å². The van der Waals surface area contributed by atoms with Gasteiger partial charge in [0.2, 0.25) is 0 Å². The van der Waals surface area contributed by atoms with Crippen LogP contribution in [0.1, 0.15) is 42.3 Å². The Balaban J connectivity index is 2.42. The van der Waals surface area contributed by atoms with E-state index in [1.807, 2.05) is 32.9 Å². The Morgan fingerprint density at radius 3 is 2.62 bits per heavy atom. The third-order valence-corrected chi connectivity index (χ3v) is 3.75. The highest BCUT2D eigenvalue weighted by molar-refractivity contribution is 6.06. The van der Waals surface area contributed by atoms with E-state index in [0.29, 0.717) is 12.1 Å². The number of tetrazole rings is 1. The molecule has 26 heavy (non-hydrogen) atoms. The molecule has 1 amide bonds. The molecule has 0 saturated carbocycles. The van der Waals surface area contributed by atoms with Crippen LogP contribution in [0.2, 0.25) is 0 Å². The highest BCUT2D eigenvalue weighted by Crippen LogP contribution is 2.21. The highest BCUT2D eigenvalue weighted by Gasteiger charge is 2.31. The van der Waals surface area contributed by atoms with E-state index >= 15 is 0 Å². The zero-order chi connectivity index (χ0) is 19.3. The molecule has 0 aliphatic rings. The summed E-state index contributed by atoms with van der Waals surface area (Å²) in [5.74, 6) is -0.182. The number of hydrogen-bond acceptors (Lipinski definition) is 7. The monoisotopic (exact) mass is 361 g/mol. The molecule has 0 N–H and O–H groups in total. The van der Waals surface area contributed by atoms with Gasteiger partial charge in [0.1, 0.15) is 0 Å². The molecule has 0 fully saturated rings. The molecule has 0 aliphatic heterocycles. The second-order valence-corrected chi connectivity index (χ2v) is 5.69. The summed E-state index contributed by atoms with van der Waals surface area (Å²) >= 11 is 0. The smallest absolute Gasteiger partial charge is 0.435 e. The number of aromatic nitrogens is 4. The van der Waals surface area contributed by atoms with Gasteiger partial charge >= 0.3 is 6.16 Å². The average Bonchev–Trinajstić information content (AvgIpc) is 3.03. The molecule has 0 spiro atoms. The van der Waals surface area contributed by atoms with Crippen molar-refractivity contribution in [2.24, 2.45) is 0 Å². The summed E-state index contributed by atoms with van der Waals surface area (Å²) in [6, 6.07) is 5.49. The second kappa shape index (κ2) is 8.41. The summed E-state index contributed by atoms with van der Waals surface area (Å²) < 4.78 is 11.5. The van der Waals surface area contributed by atoms with Crippen molar-refractivity contribution >= 4 is 18.0 Å². The molecule has 2 aromatic rings. The van der Waals surface area contributed by atoms with E-state index < -0.39 is 12.4 Å². The zero-order valence-electron chi connectivity index (χ0n) is 15.6. The number of rotatable bonds is 6. The Labute approximate surface area is 151 Å². The van der Waals surface area contributed by atoms with Crippen molar-refractivity contribution in [3.63, 3.8) is 0 Å². The van der Waals surface area contributed by atoms with Crippen LogP contribution in [0.15, 0.2) is 18.2 Å². The van der Waals surface area contributed by atoms with Crippen molar-refractivity contribution in [3.05, 3.63) is 34.9 Å². The number of ether oxygens (including phenoxy) is 2. The molecule has 1 aromatic carbocycles. The first-order valence-corrected chi connectivity index (χ1v) is 8.39. The van der Waals surface area contributed by atoms with E-state index in [1.54, 1.807) is 19.9 Å². The van der Waals surface area contributed by atoms with Crippen LogP contribution in [0.4, 0.5) is 10.7 Å². The predicted molar refractivity (Wildman–Crippen MR) is 93.8 cm³/mol. The molecule has 0 bridgehead atoms. The lowest BCUT2D eigenvalue weighted by molar-refractivity contribution is 0.0300. The van der Waals surface area contributed by atoms with Gasteiger partial charge in [0.25, 0.3) is 11.9 Å². The topological polar surface area (TPSA) is 99.4 Å². The lowest BCUT2D eigenvalue weighted by atomic mass is 10.0. The number of hydrogen-bond donors (Lipinski definition) is 0. The van der Waals surface area contributed by atoms with Crippen LogP contribution in [-0.2, 0) is 16.0 Å². The largest absolute Gasteiger partial charge is 0.510 e. The standard InChI is InChI=1S/C17H23N5O4/c1-6-21-16(18-19-20-21)22(13(5)26-17(24)25-7-2)15(23)14-9-8-11(3)10-12(14)4/h8-10,13H,6-7H2,1-5H3. The third-order valence-electron chi connectivity index (χ3n) is 3.75. The molecule has 1 unspecified atom stereocenters. The van der Waals surface area contributed by atoms with E-state index in [0.717, 1.165) is 11.1 Å². The molecule has 2 rings (SSSR count). The SMILES string of the molecule is CCOC(=O)OC(C)N(C(=O)c1ccc(C)cc1C)c1nnnn1CC. The first kappa shape index (κ1) is 19.4. The van der Waals surface area contributed by atoms with Gasteiger partial charge in [-0.3, -0.25) is 4.79 Å². The normalized spacial score (nSPS) is 11.7. The minimum Gasteiger partial charge on any atom is -0.435 e. The van der Waals surface area contributed by atoms with Gasteiger partial charge in [0.05, 0.1) is 6.61 Å². The molecule has 0 aliphatic carbocycles. The molecule has 1 heterocycles. The van der Waals surface area contributed by atoms with Crippen molar-refractivity contribution in [1.29, 1.82) is 0 Å². The van der Waals surface area contributed by atoms with Gasteiger partial charge in [-0.05, 0) is 56.7 Å². The summed E-state index contributed by atoms with van der Waals surface area (Å²) in [5, 5.41) is 11.4. The molecular formula is C17H23N5O4. The van der Waals surface area contributed by atoms with Gasteiger partial charge in [-0.15, -0.1) is 0 Å². The summed E-state index contributed by atoms with van der Waals surface area (Å²) in [7, 11) is 0. The van der Waals surface area contributed by atoms with Crippen molar-refractivity contribution in [3.8, 4) is 0 Å². The predicted octanol–water partition coefficient (Wildman–Crippen LogP) is 2.48. The first-order valence-electron chi connectivity index (χ1n) is 8.39. The summed E-state index contributed by atoms with van der Waals surface area (Å²) in [5.41, 5.74) is 2.32. The number of aryl methyl sites for hydroxylation is 3. The fraction of sp³-hybridized carbons (Fsp3) is 0.471. The van der Waals surface area contributed by atoms with Crippen LogP contribution in [0, 0.1) is 13.8 Å². The summed E-state index contributed by atoms with van der Waals surface area (Å²) in [6.45, 7) is 9.49. The van der Waals surface area contributed by atoms with Crippen molar-refractivity contribution < 1.29 is 19.1 Å². The lowest BCUT2D eigenvalue weighted by Gasteiger charge is -2.27. The van der Waals surface area contributed by atoms with Gasteiger partial charge in [0.15, 0.2) is 6.23 Å². The van der Waals surface area contributed by atoms with Gasteiger partial charge in [-0.2, -0.15) is 0 Å². The van der Waals surface area contributed by atoms with Crippen LogP contribution < -0.4 is 4.90 Å².